The van der Waals surface area contributed by atoms with E-state index in [0.717, 1.165) is 10.7 Å². The Morgan fingerprint density at radius 2 is 2.18 bits per heavy atom. The monoisotopic (exact) mass is 271 g/mol. The molecule has 0 saturated carbocycles. The SMILES string of the molecule is CC(C)(C)c1nc(CSC(=N)N=C(N)N)cs1. The molecule has 0 amide bonds. The van der Waals surface area contributed by atoms with Crippen molar-refractivity contribution in [1.29, 1.82) is 5.41 Å². The number of amidine groups is 1. The maximum atomic E-state index is 7.49. The van der Waals surface area contributed by atoms with Crippen LogP contribution in [0.2, 0.25) is 0 Å². The molecule has 1 aromatic rings. The Hall–Kier alpha value is -1.08. The second kappa shape index (κ2) is 5.50. The first-order valence-electron chi connectivity index (χ1n) is 5.05. The van der Waals surface area contributed by atoms with Crippen LogP contribution in [0.5, 0.6) is 0 Å². The third kappa shape index (κ3) is 4.74. The number of aromatic nitrogens is 1. The molecule has 1 aromatic heterocycles. The van der Waals surface area contributed by atoms with Gasteiger partial charge in [0.05, 0.1) is 10.7 Å². The van der Waals surface area contributed by atoms with Crippen LogP contribution in [0.15, 0.2) is 10.4 Å². The summed E-state index contributed by atoms with van der Waals surface area (Å²) < 4.78 is 0. The van der Waals surface area contributed by atoms with Crippen LogP contribution in [0.25, 0.3) is 0 Å². The van der Waals surface area contributed by atoms with Crippen molar-refractivity contribution < 1.29 is 0 Å². The van der Waals surface area contributed by atoms with Crippen LogP contribution in [0.1, 0.15) is 31.5 Å². The first-order chi connectivity index (χ1) is 7.79. The van der Waals surface area contributed by atoms with Gasteiger partial charge in [-0.3, -0.25) is 5.41 Å². The first kappa shape index (κ1) is 14.0. The van der Waals surface area contributed by atoms with E-state index in [4.69, 9.17) is 16.9 Å². The minimum absolute atomic E-state index is 0.0704. The standard InChI is InChI=1S/C10H17N5S2/c1-10(2,3)7-14-6(4-16-7)5-17-9(13)15-8(11)12/h4H,5H2,1-3H3,(H5,11,12,13,15). The van der Waals surface area contributed by atoms with Crippen molar-refractivity contribution in [2.75, 3.05) is 0 Å². The topological polar surface area (TPSA) is 101 Å². The third-order valence-corrected chi connectivity index (χ3v) is 3.90. The zero-order chi connectivity index (χ0) is 13.1. The van der Waals surface area contributed by atoms with Crippen LogP contribution in [-0.4, -0.2) is 16.1 Å². The van der Waals surface area contributed by atoms with Crippen molar-refractivity contribution in [3.05, 3.63) is 16.1 Å². The van der Waals surface area contributed by atoms with Gasteiger partial charge in [0.25, 0.3) is 0 Å². The lowest BCUT2D eigenvalue weighted by molar-refractivity contribution is 0.584. The summed E-state index contributed by atoms with van der Waals surface area (Å²) >= 11 is 2.90. The molecule has 1 heterocycles. The van der Waals surface area contributed by atoms with Gasteiger partial charge >= 0.3 is 0 Å². The number of nitrogens with two attached hydrogens (primary N) is 2. The van der Waals surface area contributed by atoms with E-state index in [0.29, 0.717) is 5.75 Å². The molecular weight excluding hydrogens is 254 g/mol. The number of guanidine groups is 1. The van der Waals surface area contributed by atoms with E-state index in [9.17, 15) is 0 Å². The fraction of sp³-hybridized carbons (Fsp3) is 0.500. The smallest absolute Gasteiger partial charge is 0.193 e. The van der Waals surface area contributed by atoms with Gasteiger partial charge in [-0.15, -0.1) is 11.3 Å². The number of rotatable bonds is 2. The summed E-state index contributed by atoms with van der Waals surface area (Å²) in [5.41, 5.74) is 11.4. The molecule has 0 atom stereocenters. The number of thioether (sulfide) groups is 1. The van der Waals surface area contributed by atoms with Gasteiger partial charge in [0, 0.05) is 16.5 Å². The van der Waals surface area contributed by atoms with Crippen molar-refractivity contribution in [1.82, 2.24) is 4.98 Å². The zero-order valence-electron chi connectivity index (χ0n) is 10.2. The van der Waals surface area contributed by atoms with Gasteiger partial charge in [0.15, 0.2) is 11.1 Å². The lowest BCUT2D eigenvalue weighted by atomic mass is 9.98. The molecule has 5 N–H and O–H groups in total. The molecular formula is C10H17N5S2. The number of thiazole rings is 1. The van der Waals surface area contributed by atoms with Gasteiger partial charge < -0.3 is 11.5 Å². The third-order valence-electron chi connectivity index (χ3n) is 1.78. The van der Waals surface area contributed by atoms with Crippen molar-refractivity contribution in [3.63, 3.8) is 0 Å². The van der Waals surface area contributed by atoms with E-state index >= 15 is 0 Å². The molecule has 0 spiro atoms. The van der Waals surface area contributed by atoms with E-state index in [2.05, 4.69) is 30.7 Å². The summed E-state index contributed by atoms with van der Waals surface area (Å²) in [7, 11) is 0. The van der Waals surface area contributed by atoms with Crippen LogP contribution in [0, 0.1) is 5.41 Å². The average molecular weight is 271 g/mol. The Morgan fingerprint density at radius 1 is 1.53 bits per heavy atom. The Kier molecular flexibility index (Phi) is 4.53. The summed E-state index contributed by atoms with van der Waals surface area (Å²) in [6, 6.07) is 0. The van der Waals surface area contributed by atoms with Gasteiger partial charge in [-0.1, -0.05) is 32.5 Å². The molecule has 0 aliphatic rings. The van der Waals surface area contributed by atoms with Crippen LogP contribution < -0.4 is 11.5 Å². The summed E-state index contributed by atoms with van der Waals surface area (Å²) in [6.45, 7) is 6.39. The molecule has 0 radical (unpaired) electrons. The highest BCUT2D eigenvalue weighted by atomic mass is 32.2. The van der Waals surface area contributed by atoms with Crippen LogP contribution in [-0.2, 0) is 11.2 Å². The first-order valence-corrected chi connectivity index (χ1v) is 6.91. The fourth-order valence-electron chi connectivity index (χ4n) is 1.01. The molecule has 17 heavy (non-hydrogen) atoms. The lowest BCUT2D eigenvalue weighted by Gasteiger charge is -2.13. The highest BCUT2D eigenvalue weighted by Crippen LogP contribution is 2.27. The normalized spacial score (nSPS) is 11.2. The predicted octanol–water partition coefficient (Wildman–Crippen LogP) is 1.88. The molecule has 0 saturated heterocycles. The molecule has 0 fully saturated rings. The number of hydrogen-bond acceptors (Lipinski definition) is 4. The molecule has 94 valence electrons. The van der Waals surface area contributed by atoms with Crippen molar-refractivity contribution in [3.8, 4) is 0 Å². The Morgan fingerprint density at radius 3 is 2.65 bits per heavy atom. The number of nitrogens with zero attached hydrogens (tertiary/aromatic N) is 2. The minimum Gasteiger partial charge on any atom is -0.370 e. The maximum absolute atomic E-state index is 7.49. The molecule has 7 heteroatoms. The second-order valence-electron chi connectivity index (χ2n) is 4.52. The van der Waals surface area contributed by atoms with Gasteiger partial charge in [0.2, 0.25) is 0 Å². The van der Waals surface area contributed by atoms with Crippen molar-refractivity contribution in [2.24, 2.45) is 16.5 Å². The molecule has 0 unspecified atom stereocenters. The molecule has 1 rings (SSSR count). The van der Waals surface area contributed by atoms with E-state index in [-0.39, 0.29) is 16.5 Å². The summed E-state index contributed by atoms with van der Waals surface area (Å²) in [5, 5.41) is 10.7. The van der Waals surface area contributed by atoms with E-state index in [1.807, 2.05) is 5.38 Å². The molecule has 5 nitrogen and oxygen atoms in total. The van der Waals surface area contributed by atoms with Gasteiger partial charge in [-0.05, 0) is 0 Å². The van der Waals surface area contributed by atoms with Gasteiger partial charge in [0.1, 0.15) is 0 Å². The van der Waals surface area contributed by atoms with Gasteiger partial charge in [-0.25, -0.2) is 4.98 Å². The quantitative estimate of drug-likeness (QED) is 0.564. The van der Waals surface area contributed by atoms with E-state index in [1.54, 1.807) is 11.3 Å². The highest BCUT2D eigenvalue weighted by molar-refractivity contribution is 8.13. The van der Waals surface area contributed by atoms with Crippen LogP contribution >= 0.6 is 23.1 Å². The predicted molar refractivity (Wildman–Crippen MR) is 75.6 cm³/mol. The molecule has 0 bridgehead atoms. The minimum atomic E-state index is -0.0869. The van der Waals surface area contributed by atoms with Crippen molar-refractivity contribution >= 4 is 34.2 Å². The molecule has 0 aromatic carbocycles. The zero-order valence-corrected chi connectivity index (χ0v) is 11.8. The van der Waals surface area contributed by atoms with Crippen LogP contribution in [0.4, 0.5) is 0 Å². The van der Waals surface area contributed by atoms with E-state index in [1.165, 1.54) is 11.8 Å². The Labute approximate surface area is 109 Å². The van der Waals surface area contributed by atoms with Gasteiger partial charge in [-0.2, -0.15) is 4.99 Å². The molecule has 0 aliphatic heterocycles. The number of aliphatic imine (C=N–C) groups is 1. The van der Waals surface area contributed by atoms with Crippen molar-refractivity contribution in [2.45, 2.75) is 31.9 Å². The largest absolute Gasteiger partial charge is 0.370 e. The summed E-state index contributed by atoms with van der Waals surface area (Å²) in [4.78, 5) is 8.16. The summed E-state index contributed by atoms with van der Waals surface area (Å²) in [6.07, 6.45) is 0. The number of hydrogen-bond donors (Lipinski definition) is 3. The average Bonchev–Trinajstić information content (AvgIpc) is 2.61. The lowest BCUT2D eigenvalue weighted by Crippen LogP contribution is -2.23. The Balaban J connectivity index is 2.57. The Bertz CT molecular complexity index is 426. The van der Waals surface area contributed by atoms with Crippen LogP contribution in [0.3, 0.4) is 0 Å². The summed E-state index contributed by atoms with van der Waals surface area (Å²) in [5.74, 6) is 0.526. The fourth-order valence-corrected chi connectivity index (χ4v) is 2.62. The molecule has 0 aliphatic carbocycles. The number of nitrogens with one attached hydrogen (secondary N) is 1. The highest BCUT2D eigenvalue weighted by Gasteiger charge is 2.17. The maximum Gasteiger partial charge on any atom is 0.193 e. The van der Waals surface area contributed by atoms with E-state index < -0.39 is 0 Å². The second-order valence-corrected chi connectivity index (χ2v) is 6.35.